The monoisotopic (exact) mass is 422 g/mol. The van der Waals surface area contributed by atoms with Crippen molar-refractivity contribution in [3.63, 3.8) is 0 Å². The Morgan fingerprint density at radius 1 is 1.29 bits per heavy atom. The second kappa shape index (κ2) is 7.27. The number of hydrogen-bond acceptors (Lipinski definition) is 1. The molecule has 0 aliphatic heterocycles. The van der Waals surface area contributed by atoms with Crippen molar-refractivity contribution in [2.45, 2.75) is 52.0 Å². The Hall–Kier alpha value is -0.360. The summed E-state index contributed by atoms with van der Waals surface area (Å²) in [7, 11) is 0. The van der Waals surface area contributed by atoms with Gasteiger partial charge in [0.15, 0.2) is 0 Å². The van der Waals surface area contributed by atoms with Gasteiger partial charge in [0, 0.05) is 12.6 Å². The van der Waals surface area contributed by atoms with Gasteiger partial charge in [-0.3, -0.25) is 0 Å². The number of aromatic nitrogens is 2. The minimum atomic E-state index is -0.194. The Labute approximate surface area is 144 Å². The first-order valence-corrected chi connectivity index (χ1v) is 8.91. The molecule has 0 fully saturated rings. The maximum Gasteiger partial charge on any atom is 0.138 e. The van der Waals surface area contributed by atoms with Crippen LogP contribution in [0.5, 0.6) is 0 Å². The lowest BCUT2D eigenvalue weighted by molar-refractivity contribution is 0.507. The molecule has 0 bridgehead atoms. The van der Waals surface area contributed by atoms with E-state index >= 15 is 0 Å². The molecule has 0 aliphatic carbocycles. The first kappa shape index (κ1) is 17.0. The largest absolute Gasteiger partial charge is 0.327 e. The molecule has 2 nitrogen and oxygen atoms in total. The van der Waals surface area contributed by atoms with E-state index in [-0.39, 0.29) is 11.2 Å². The van der Waals surface area contributed by atoms with Crippen molar-refractivity contribution in [2.75, 3.05) is 0 Å². The van der Waals surface area contributed by atoms with Crippen LogP contribution in [-0.4, -0.2) is 9.55 Å². The molecular formula is C16H21ClFIN2. The van der Waals surface area contributed by atoms with Gasteiger partial charge in [-0.2, -0.15) is 0 Å². The van der Waals surface area contributed by atoms with Crippen LogP contribution < -0.4 is 0 Å². The predicted molar refractivity (Wildman–Crippen MR) is 95.4 cm³/mol. The fourth-order valence-corrected chi connectivity index (χ4v) is 3.12. The number of benzene rings is 1. The molecule has 0 saturated heterocycles. The normalized spacial score (nSPS) is 13.3. The van der Waals surface area contributed by atoms with Gasteiger partial charge in [0.2, 0.25) is 0 Å². The van der Waals surface area contributed by atoms with E-state index in [1.54, 1.807) is 12.1 Å². The predicted octanol–water partition coefficient (Wildman–Crippen LogP) is 5.91. The van der Waals surface area contributed by atoms with Crippen molar-refractivity contribution in [3.8, 4) is 0 Å². The lowest BCUT2D eigenvalue weighted by Crippen LogP contribution is -2.05. The molecule has 0 amide bonds. The Bertz CT molecular complexity index is 622. The van der Waals surface area contributed by atoms with Gasteiger partial charge >= 0.3 is 0 Å². The smallest absolute Gasteiger partial charge is 0.138 e. The van der Waals surface area contributed by atoms with Crippen molar-refractivity contribution >= 4 is 45.2 Å². The van der Waals surface area contributed by atoms with Gasteiger partial charge in [0.25, 0.3) is 0 Å². The fourth-order valence-electron chi connectivity index (χ4n) is 2.50. The minimum absolute atomic E-state index is 0.178. The van der Waals surface area contributed by atoms with Gasteiger partial charge in [-0.25, -0.2) is 9.37 Å². The van der Waals surface area contributed by atoms with E-state index in [0.29, 0.717) is 3.57 Å². The van der Waals surface area contributed by atoms with Crippen LogP contribution in [0.4, 0.5) is 4.39 Å². The zero-order chi connectivity index (χ0) is 15.6. The number of halogens is 3. The average Bonchev–Trinajstić information content (AvgIpc) is 2.73. The van der Waals surface area contributed by atoms with Crippen molar-refractivity contribution in [2.24, 2.45) is 5.92 Å². The average molecular weight is 423 g/mol. The molecule has 2 aromatic rings. The summed E-state index contributed by atoms with van der Waals surface area (Å²) in [6.45, 7) is 7.22. The van der Waals surface area contributed by atoms with Gasteiger partial charge in [-0.05, 0) is 47.9 Å². The van der Waals surface area contributed by atoms with Gasteiger partial charge in [-0.1, -0.05) is 26.7 Å². The third-order valence-corrected chi connectivity index (χ3v) is 4.61. The van der Waals surface area contributed by atoms with Crippen molar-refractivity contribution in [1.29, 1.82) is 0 Å². The summed E-state index contributed by atoms with van der Waals surface area (Å²) in [5.41, 5.74) is 1.67. The lowest BCUT2D eigenvalue weighted by Gasteiger charge is -2.11. The van der Waals surface area contributed by atoms with Crippen molar-refractivity contribution < 1.29 is 4.39 Å². The molecule has 0 spiro atoms. The van der Waals surface area contributed by atoms with Gasteiger partial charge in [-0.15, -0.1) is 11.6 Å². The van der Waals surface area contributed by atoms with E-state index in [9.17, 15) is 4.39 Å². The second-order valence-electron chi connectivity index (χ2n) is 5.88. The number of rotatable bonds is 6. The second-order valence-corrected chi connectivity index (χ2v) is 7.70. The molecule has 1 aromatic heterocycles. The van der Waals surface area contributed by atoms with Crippen LogP contribution in [0.3, 0.4) is 0 Å². The summed E-state index contributed by atoms with van der Waals surface area (Å²) in [5.74, 6) is 1.35. The Kier molecular flexibility index (Phi) is 5.88. The highest BCUT2D eigenvalue weighted by atomic mass is 127. The fraction of sp³-hybridized carbons (Fsp3) is 0.562. The Balaban J connectivity index is 2.30. The number of fused-ring (bicyclic) bond motifs is 1. The van der Waals surface area contributed by atoms with E-state index in [1.807, 2.05) is 29.5 Å². The summed E-state index contributed by atoms with van der Waals surface area (Å²) in [6, 6.07) is 3.37. The third-order valence-electron chi connectivity index (χ3n) is 3.59. The molecule has 0 radical (unpaired) electrons. The van der Waals surface area contributed by atoms with E-state index < -0.39 is 0 Å². The van der Waals surface area contributed by atoms with E-state index in [2.05, 4.69) is 23.4 Å². The maximum absolute atomic E-state index is 13.9. The lowest BCUT2D eigenvalue weighted by atomic mass is 10.1. The summed E-state index contributed by atoms with van der Waals surface area (Å²) in [4.78, 5) is 4.59. The molecule has 1 unspecified atom stereocenters. The molecule has 0 aliphatic rings. The summed E-state index contributed by atoms with van der Waals surface area (Å²) in [6.07, 6.45) is 3.44. The van der Waals surface area contributed by atoms with Crippen LogP contribution in [0.25, 0.3) is 11.0 Å². The van der Waals surface area contributed by atoms with Crippen LogP contribution in [0.2, 0.25) is 0 Å². The minimum Gasteiger partial charge on any atom is -0.327 e. The summed E-state index contributed by atoms with van der Waals surface area (Å²) >= 11 is 8.24. The number of hydrogen-bond donors (Lipinski definition) is 0. The molecular weight excluding hydrogens is 402 g/mol. The molecule has 1 heterocycles. The van der Waals surface area contributed by atoms with Gasteiger partial charge in [0.05, 0.1) is 20.0 Å². The maximum atomic E-state index is 13.9. The zero-order valence-electron chi connectivity index (χ0n) is 12.7. The first-order valence-electron chi connectivity index (χ1n) is 7.39. The van der Waals surface area contributed by atoms with E-state index in [4.69, 9.17) is 11.6 Å². The van der Waals surface area contributed by atoms with Crippen LogP contribution in [0.15, 0.2) is 12.1 Å². The molecule has 1 aromatic carbocycles. The standard InChI is InChI=1S/C16H21ClFIN2/c1-10(2)6-4-5-7-21-15-8-12(18)13(19)9-14(15)20-16(21)11(3)17/h8-11H,4-7H2,1-3H3. The first-order chi connectivity index (χ1) is 9.90. The molecule has 1 atom stereocenters. The van der Waals surface area contributed by atoms with Crippen LogP contribution in [0, 0.1) is 15.3 Å². The Morgan fingerprint density at radius 3 is 2.62 bits per heavy atom. The number of imidazole rings is 1. The van der Waals surface area contributed by atoms with Crippen molar-refractivity contribution in [3.05, 3.63) is 27.3 Å². The molecule has 21 heavy (non-hydrogen) atoms. The molecule has 5 heteroatoms. The van der Waals surface area contributed by atoms with Crippen LogP contribution in [0.1, 0.15) is 51.2 Å². The van der Waals surface area contributed by atoms with E-state index in [0.717, 1.165) is 35.7 Å². The number of aryl methyl sites for hydroxylation is 1. The number of alkyl halides is 1. The Morgan fingerprint density at radius 2 is 2.00 bits per heavy atom. The highest BCUT2D eigenvalue weighted by Gasteiger charge is 2.16. The zero-order valence-corrected chi connectivity index (χ0v) is 15.6. The van der Waals surface area contributed by atoms with E-state index in [1.165, 1.54) is 12.8 Å². The van der Waals surface area contributed by atoms with Crippen LogP contribution in [-0.2, 0) is 6.54 Å². The van der Waals surface area contributed by atoms with Crippen LogP contribution >= 0.6 is 34.2 Å². The molecule has 2 rings (SSSR count). The van der Waals surface area contributed by atoms with Gasteiger partial charge < -0.3 is 4.57 Å². The number of nitrogens with zero attached hydrogens (tertiary/aromatic N) is 2. The molecule has 116 valence electrons. The summed E-state index contributed by atoms with van der Waals surface area (Å²) < 4.78 is 16.5. The third kappa shape index (κ3) is 4.09. The topological polar surface area (TPSA) is 17.8 Å². The van der Waals surface area contributed by atoms with Crippen molar-refractivity contribution in [1.82, 2.24) is 9.55 Å². The summed E-state index contributed by atoms with van der Waals surface area (Å²) in [5, 5.41) is -0.178. The number of unbranched alkanes of at least 4 members (excludes halogenated alkanes) is 1. The highest BCUT2D eigenvalue weighted by Crippen LogP contribution is 2.27. The quantitative estimate of drug-likeness (QED) is 0.322. The van der Waals surface area contributed by atoms with Gasteiger partial charge in [0.1, 0.15) is 11.6 Å². The highest BCUT2D eigenvalue weighted by molar-refractivity contribution is 14.1. The SMILES string of the molecule is CC(C)CCCCn1c(C(C)Cl)nc2cc(I)c(F)cc21. The molecule has 0 N–H and O–H groups in total. The molecule has 0 saturated carbocycles.